The summed E-state index contributed by atoms with van der Waals surface area (Å²) in [6.45, 7) is 3.12. The third-order valence-corrected chi connectivity index (χ3v) is 3.00. The van der Waals surface area contributed by atoms with Gasteiger partial charge in [0, 0.05) is 30.3 Å². The summed E-state index contributed by atoms with van der Waals surface area (Å²) in [5.74, 6) is 0.629. The van der Waals surface area contributed by atoms with Crippen molar-refractivity contribution in [1.82, 2.24) is 4.90 Å². The monoisotopic (exact) mass is 223 g/mol. The smallest absolute Gasteiger partial charge is 0.0434 e. The van der Waals surface area contributed by atoms with E-state index in [0.29, 0.717) is 11.0 Å². The van der Waals surface area contributed by atoms with Gasteiger partial charge in [-0.25, -0.2) is 0 Å². The quantitative estimate of drug-likeness (QED) is 0.789. The summed E-state index contributed by atoms with van der Waals surface area (Å²) in [4.78, 5) is 2.27. The van der Waals surface area contributed by atoms with Crippen molar-refractivity contribution in [2.24, 2.45) is 5.92 Å². The van der Waals surface area contributed by atoms with Gasteiger partial charge in [-0.1, -0.05) is 23.2 Å². The van der Waals surface area contributed by atoms with E-state index in [-0.39, 0.29) is 6.61 Å². The molecule has 0 amide bonds. The third-order valence-electron chi connectivity index (χ3n) is 2.40. The predicted octanol–water partition coefficient (Wildman–Crippen LogP) is 2.01. The molecule has 0 aliphatic carbocycles. The minimum absolute atomic E-state index is 0.289. The fourth-order valence-electron chi connectivity index (χ4n) is 1.72. The molecule has 4 heteroatoms. The van der Waals surface area contributed by atoms with Crippen molar-refractivity contribution in [1.29, 1.82) is 0 Å². The maximum Gasteiger partial charge on any atom is 0.0434 e. The molecular formula is C9H15Cl2NO. The van der Waals surface area contributed by atoms with Crippen LogP contribution in [-0.2, 0) is 0 Å². The van der Waals surface area contributed by atoms with E-state index in [2.05, 4.69) is 4.90 Å². The van der Waals surface area contributed by atoms with Gasteiger partial charge < -0.3 is 5.11 Å². The first-order chi connectivity index (χ1) is 6.26. The number of rotatable bonds is 4. The van der Waals surface area contributed by atoms with Crippen LogP contribution in [0.25, 0.3) is 0 Å². The summed E-state index contributed by atoms with van der Waals surface area (Å²) in [5.41, 5.74) is 1.42. The average Bonchev–Trinajstić information content (AvgIpc) is 2.53. The molecule has 2 nitrogen and oxygen atoms in total. The van der Waals surface area contributed by atoms with Gasteiger partial charge in [0.15, 0.2) is 0 Å². The van der Waals surface area contributed by atoms with Crippen LogP contribution in [0.15, 0.2) is 10.6 Å². The lowest BCUT2D eigenvalue weighted by Gasteiger charge is -2.14. The molecule has 1 fully saturated rings. The molecule has 76 valence electrons. The van der Waals surface area contributed by atoms with E-state index >= 15 is 0 Å². The van der Waals surface area contributed by atoms with Crippen molar-refractivity contribution in [3.05, 3.63) is 10.6 Å². The van der Waals surface area contributed by atoms with Gasteiger partial charge in [0.1, 0.15) is 0 Å². The molecule has 0 aromatic rings. The first kappa shape index (κ1) is 11.3. The van der Waals surface area contributed by atoms with Crippen molar-refractivity contribution in [3.8, 4) is 0 Å². The summed E-state index contributed by atoms with van der Waals surface area (Å²) in [7, 11) is 0. The van der Waals surface area contributed by atoms with Gasteiger partial charge in [0.05, 0.1) is 0 Å². The molecule has 1 saturated heterocycles. The fraction of sp³-hybridized carbons (Fsp3) is 0.778. The maximum absolute atomic E-state index is 8.76. The Morgan fingerprint density at radius 2 is 2.38 bits per heavy atom. The van der Waals surface area contributed by atoms with Crippen LogP contribution in [0.1, 0.15) is 12.8 Å². The number of nitrogens with zero attached hydrogens (tertiary/aromatic N) is 1. The molecule has 1 atom stereocenters. The molecule has 0 bridgehead atoms. The third kappa shape index (κ3) is 3.86. The highest BCUT2D eigenvalue weighted by molar-refractivity contribution is 6.36. The molecule has 13 heavy (non-hydrogen) atoms. The number of hydrogen-bond acceptors (Lipinski definition) is 2. The van der Waals surface area contributed by atoms with E-state index < -0.39 is 0 Å². The number of aliphatic hydroxyl groups is 1. The van der Waals surface area contributed by atoms with E-state index in [0.717, 1.165) is 32.5 Å². The number of hydrogen-bond donors (Lipinski definition) is 1. The molecule has 0 radical (unpaired) electrons. The first-order valence-corrected chi connectivity index (χ1v) is 5.35. The maximum atomic E-state index is 8.76. The highest BCUT2D eigenvalue weighted by Crippen LogP contribution is 2.20. The Morgan fingerprint density at radius 3 is 3.00 bits per heavy atom. The van der Waals surface area contributed by atoms with Crippen LogP contribution in [-0.4, -0.2) is 36.2 Å². The average molecular weight is 224 g/mol. The topological polar surface area (TPSA) is 23.5 Å². The molecule has 0 spiro atoms. The highest BCUT2D eigenvalue weighted by Gasteiger charge is 2.21. The van der Waals surface area contributed by atoms with Gasteiger partial charge in [-0.3, -0.25) is 4.90 Å². The largest absolute Gasteiger partial charge is 0.396 e. The van der Waals surface area contributed by atoms with Crippen molar-refractivity contribution < 1.29 is 5.11 Å². The van der Waals surface area contributed by atoms with E-state index in [1.54, 1.807) is 0 Å². The lowest BCUT2D eigenvalue weighted by atomic mass is 10.1. The summed E-state index contributed by atoms with van der Waals surface area (Å²) in [6.07, 6.45) is 2.06. The molecule has 0 aromatic carbocycles. The van der Waals surface area contributed by atoms with Crippen molar-refractivity contribution in [3.63, 3.8) is 0 Å². The Morgan fingerprint density at radius 1 is 1.62 bits per heavy atom. The van der Waals surface area contributed by atoms with Gasteiger partial charge in [-0.05, 0) is 25.3 Å². The van der Waals surface area contributed by atoms with Crippen LogP contribution in [0.4, 0.5) is 0 Å². The standard InChI is InChI=1S/C9H15Cl2NO/c10-5-9(11)7-12-3-1-8(6-12)2-4-13/h5,8,13H,1-4,6-7H2. The van der Waals surface area contributed by atoms with Crippen LogP contribution >= 0.6 is 23.2 Å². The van der Waals surface area contributed by atoms with Crippen LogP contribution in [0, 0.1) is 5.92 Å². The van der Waals surface area contributed by atoms with Crippen LogP contribution in [0.5, 0.6) is 0 Å². The number of aliphatic hydroxyl groups excluding tert-OH is 1. The second-order valence-electron chi connectivity index (χ2n) is 3.46. The Kier molecular flexibility index (Phi) is 5.10. The second kappa shape index (κ2) is 5.86. The van der Waals surface area contributed by atoms with Gasteiger partial charge in [0.25, 0.3) is 0 Å². The van der Waals surface area contributed by atoms with Crippen LogP contribution in [0.3, 0.4) is 0 Å². The Balaban J connectivity index is 2.25. The first-order valence-electron chi connectivity index (χ1n) is 4.54. The predicted molar refractivity (Wildman–Crippen MR) is 56.0 cm³/mol. The minimum atomic E-state index is 0.289. The number of likely N-dealkylation sites (tertiary alicyclic amines) is 1. The highest BCUT2D eigenvalue weighted by atomic mass is 35.5. The number of halogens is 2. The van der Waals surface area contributed by atoms with Crippen LogP contribution in [0.2, 0.25) is 0 Å². The molecule has 1 rings (SSSR count). The molecule has 1 aliphatic rings. The van der Waals surface area contributed by atoms with Gasteiger partial charge >= 0.3 is 0 Å². The molecule has 0 saturated carbocycles. The normalized spacial score (nSPS) is 25.5. The second-order valence-corrected chi connectivity index (χ2v) is 4.16. The molecule has 0 aromatic heterocycles. The summed E-state index contributed by atoms with van der Waals surface area (Å²) < 4.78 is 0. The zero-order valence-electron chi connectivity index (χ0n) is 7.55. The van der Waals surface area contributed by atoms with Gasteiger partial charge in [-0.15, -0.1) is 0 Å². The lowest BCUT2D eigenvalue weighted by Crippen LogP contribution is -2.22. The Labute approximate surface area is 89.1 Å². The van der Waals surface area contributed by atoms with E-state index in [4.69, 9.17) is 28.3 Å². The van der Waals surface area contributed by atoms with E-state index in [9.17, 15) is 0 Å². The molecule has 1 heterocycles. The summed E-state index contributed by atoms with van der Waals surface area (Å²) in [5, 5.41) is 9.45. The minimum Gasteiger partial charge on any atom is -0.396 e. The molecule has 1 N–H and O–H groups in total. The van der Waals surface area contributed by atoms with Crippen molar-refractivity contribution >= 4 is 23.2 Å². The van der Waals surface area contributed by atoms with Gasteiger partial charge in [-0.2, -0.15) is 0 Å². The lowest BCUT2D eigenvalue weighted by molar-refractivity contribution is 0.254. The molecular weight excluding hydrogens is 209 g/mol. The van der Waals surface area contributed by atoms with Crippen LogP contribution < -0.4 is 0 Å². The zero-order valence-corrected chi connectivity index (χ0v) is 9.06. The Hall–Kier alpha value is 0.240. The van der Waals surface area contributed by atoms with Crippen molar-refractivity contribution in [2.75, 3.05) is 26.2 Å². The van der Waals surface area contributed by atoms with Gasteiger partial charge in [0.2, 0.25) is 0 Å². The van der Waals surface area contributed by atoms with E-state index in [1.807, 2.05) is 0 Å². The Bertz CT molecular complexity index is 184. The van der Waals surface area contributed by atoms with Crippen molar-refractivity contribution in [2.45, 2.75) is 12.8 Å². The summed E-state index contributed by atoms with van der Waals surface area (Å²) in [6, 6.07) is 0. The molecule has 1 unspecified atom stereocenters. The zero-order chi connectivity index (χ0) is 9.68. The molecule has 1 aliphatic heterocycles. The van der Waals surface area contributed by atoms with E-state index in [1.165, 1.54) is 5.54 Å². The summed E-state index contributed by atoms with van der Waals surface area (Å²) >= 11 is 11.3. The SMILES string of the molecule is OCCC1CCN(CC(Cl)=CCl)C1. The fourth-order valence-corrected chi connectivity index (χ4v) is 1.96.